The van der Waals surface area contributed by atoms with Crippen LogP contribution >= 0.6 is 22.7 Å². The van der Waals surface area contributed by atoms with Gasteiger partial charge in [0.1, 0.15) is 23.7 Å². The number of Topliss-reactive ketones (excluding diaryl/α,β-unsaturated/α-hetero) is 1. The molecule has 1 amide bonds. The Bertz CT molecular complexity index is 1610. The molecule has 0 bridgehead atoms. The molecule has 1 N–H and O–H groups in total. The molecule has 2 aromatic heterocycles. The van der Waals surface area contributed by atoms with Crippen LogP contribution in [0.5, 0.6) is 5.75 Å². The number of fused-ring (bicyclic) bond motifs is 2. The number of amides is 1. The second-order valence-electron chi connectivity index (χ2n) is 8.55. The number of nitro groups is 1. The van der Waals surface area contributed by atoms with E-state index in [1.54, 1.807) is 30.3 Å². The lowest BCUT2D eigenvalue weighted by Gasteiger charge is -2.21. The van der Waals surface area contributed by atoms with Gasteiger partial charge in [-0.15, -0.1) is 11.3 Å². The molecule has 6 rings (SSSR count). The van der Waals surface area contributed by atoms with E-state index in [1.807, 2.05) is 12.3 Å². The molecule has 4 aromatic rings. The molecule has 2 unspecified atom stereocenters. The zero-order chi connectivity index (χ0) is 25.1. The van der Waals surface area contributed by atoms with Gasteiger partial charge in [-0.2, -0.15) is 0 Å². The SMILES string of the molecule is CC1Cc2cc(/C(O)=C3\C(=O)C(=O)N(c4nc5ccc([N+](=O)[O-])cc5s4)C3c3cccs3)ccc2O1. The maximum absolute atomic E-state index is 13.3. The Morgan fingerprint density at radius 1 is 1.22 bits per heavy atom. The highest BCUT2D eigenvalue weighted by atomic mass is 32.1. The molecule has 0 spiro atoms. The predicted octanol–water partition coefficient (Wildman–Crippen LogP) is 5.22. The molecule has 2 atom stereocenters. The van der Waals surface area contributed by atoms with Crippen molar-refractivity contribution in [3.63, 3.8) is 0 Å². The van der Waals surface area contributed by atoms with Crippen LogP contribution in [0.15, 0.2) is 59.5 Å². The first-order valence-corrected chi connectivity index (χ1v) is 12.7. The number of ether oxygens (including phenoxy) is 1. The molecule has 4 heterocycles. The van der Waals surface area contributed by atoms with Crippen LogP contribution < -0.4 is 9.64 Å². The summed E-state index contributed by atoms with van der Waals surface area (Å²) in [5.41, 5.74) is 1.69. The first kappa shape index (κ1) is 22.4. The van der Waals surface area contributed by atoms with Gasteiger partial charge in [0.2, 0.25) is 0 Å². The summed E-state index contributed by atoms with van der Waals surface area (Å²) in [7, 11) is 0. The second kappa shape index (κ2) is 8.25. The van der Waals surface area contributed by atoms with E-state index in [0.29, 0.717) is 27.1 Å². The van der Waals surface area contributed by atoms with E-state index >= 15 is 0 Å². The molecule has 2 aliphatic heterocycles. The van der Waals surface area contributed by atoms with Gasteiger partial charge in [-0.1, -0.05) is 17.4 Å². The van der Waals surface area contributed by atoms with Gasteiger partial charge in [0.15, 0.2) is 5.13 Å². The first-order chi connectivity index (χ1) is 17.3. The number of carbonyl (C=O) groups excluding carboxylic acids is 2. The van der Waals surface area contributed by atoms with E-state index in [0.717, 1.165) is 22.6 Å². The van der Waals surface area contributed by atoms with Crippen LogP contribution in [-0.4, -0.2) is 32.8 Å². The number of non-ortho nitro benzene ring substituents is 1. The summed E-state index contributed by atoms with van der Waals surface area (Å²) in [6.45, 7) is 1.95. The fourth-order valence-corrected chi connectivity index (χ4v) is 6.44. The highest BCUT2D eigenvalue weighted by molar-refractivity contribution is 7.22. The summed E-state index contributed by atoms with van der Waals surface area (Å²) in [6.07, 6.45) is 0.695. The lowest BCUT2D eigenvalue weighted by Crippen LogP contribution is -2.28. The maximum atomic E-state index is 13.3. The zero-order valence-electron chi connectivity index (χ0n) is 18.7. The number of hydrogen-bond donors (Lipinski definition) is 1. The Kier molecular flexibility index (Phi) is 5.13. The van der Waals surface area contributed by atoms with Crippen molar-refractivity contribution in [1.29, 1.82) is 0 Å². The van der Waals surface area contributed by atoms with Gasteiger partial charge in [-0.3, -0.25) is 24.6 Å². The minimum absolute atomic E-state index is 0.0176. The van der Waals surface area contributed by atoms with Gasteiger partial charge in [-0.05, 0) is 48.2 Å². The van der Waals surface area contributed by atoms with Crippen molar-refractivity contribution in [3.8, 4) is 5.75 Å². The zero-order valence-corrected chi connectivity index (χ0v) is 20.3. The lowest BCUT2D eigenvalue weighted by atomic mass is 9.98. The van der Waals surface area contributed by atoms with Crippen LogP contribution in [0.4, 0.5) is 10.8 Å². The first-order valence-electron chi connectivity index (χ1n) is 11.0. The van der Waals surface area contributed by atoms with E-state index in [9.17, 15) is 24.8 Å². The smallest absolute Gasteiger partial charge is 0.301 e. The fraction of sp³-hybridized carbons (Fsp3) is 0.160. The second-order valence-corrected chi connectivity index (χ2v) is 10.5. The third-order valence-electron chi connectivity index (χ3n) is 6.20. The molecule has 0 aliphatic carbocycles. The Morgan fingerprint density at radius 2 is 2.06 bits per heavy atom. The Labute approximate surface area is 212 Å². The minimum Gasteiger partial charge on any atom is -0.507 e. The number of carbonyl (C=O) groups is 2. The molecule has 11 heteroatoms. The van der Waals surface area contributed by atoms with Crippen molar-refractivity contribution in [1.82, 2.24) is 4.98 Å². The largest absolute Gasteiger partial charge is 0.507 e. The number of nitro benzene ring substituents is 1. The van der Waals surface area contributed by atoms with E-state index in [-0.39, 0.29) is 28.3 Å². The standard InChI is InChI=1S/C25H17N3O6S2/c1-12-9-14-10-13(4-7-17(14)34-12)22(29)20-21(18-3-2-8-35-18)27(24(31)23(20)30)25-26-16-6-5-15(28(32)33)11-19(16)36-25/h2-8,10-12,21,29H,9H2,1H3/b22-20+. The molecule has 0 radical (unpaired) electrons. The third kappa shape index (κ3) is 3.47. The Hall–Kier alpha value is -4.09. The number of aromatic nitrogens is 1. The van der Waals surface area contributed by atoms with E-state index in [4.69, 9.17) is 4.74 Å². The van der Waals surface area contributed by atoms with E-state index in [2.05, 4.69) is 4.98 Å². The molecule has 2 aliphatic rings. The van der Waals surface area contributed by atoms with Crippen LogP contribution in [0.25, 0.3) is 16.0 Å². The monoisotopic (exact) mass is 519 g/mol. The average Bonchev–Trinajstić information content (AvgIpc) is 3.63. The van der Waals surface area contributed by atoms with E-state index < -0.39 is 22.7 Å². The van der Waals surface area contributed by atoms with Gasteiger partial charge in [0.25, 0.3) is 11.5 Å². The van der Waals surface area contributed by atoms with Crippen LogP contribution in [-0.2, 0) is 16.0 Å². The molecule has 36 heavy (non-hydrogen) atoms. The predicted molar refractivity (Wildman–Crippen MR) is 136 cm³/mol. The minimum atomic E-state index is -0.885. The van der Waals surface area contributed by atoms with Crippen LogP contribution in [0.1, 0.15) is 29.0 Å². The molecule has 9 nitrogen and oxygen atoms in total. The highest BCUT2D eigenvalue weighted by Crippen LogP contribution is 2.46. The highest BCUT2D eigenvalue weighted by Gasteiger charge is 2.48. The number of benzene rings is 2. The summed E-state index contributed by atoms with van der Waals surface area (Å²) in [5, 5.41) is 24.6. The number of thiophene rings is 1. The quantitative estimate of drug-likeness (QED) is 0.129. The summed E-state index contributed by atoms with van der Waals surface area (Å²) < 4.78 is 6.25. The van der Waals surface area contributed by atoms with Gasteiger partial charge in [0, 0.05) is 29.0 Å². The van der Waals surface area contributed by atoms with Crippen LogP contribution in [0.2, 0.25) is 0 Å². The third-order valence-corrected chi connectivity index (χ3v) is 8.15. The molecule has 1 saturated heterocycles. The normalized spacial score (nSPS) is 20.6. The van der Waals surface area contributed by atoms with Crippen molar-refractivity contribution >= 4 is 61.2 Å². The number of thiazole rings is 1. The number of anilines is 1. The summed E-state index contributed by atoms with van der Waals surface area (Å²) in [6, 6.07) is 12.2. The Morgan fingerprint density at radius 3 is 2.81 bits per heavy atom. The lowest BCUT2D eigenvalue weighted by molar-refractivity contribution is -0.384. The molecular weight excluding hydrogens is 502 g/mol. The summed E-state index contributed by atoms with van der Waals surface area (Å²) in [4.78, 5) is 43.8. The van der Waals surface area contributed by atoms with Crippen molar-refractivity contribution in [3.05, 3.63) is 85.6 Å². The van der Waals surface area contributed by atoms with Gasteiger partial charge >= 0.3 is 5.91 Å². The topological polar surface area (TPSA) is 123 Å². The van der Waals surface area contributed by atoms with Gasteiger partial charge < -0.3 is 9.84 Å². The number of hydrogen-bond acceptors (Lipinski definition) is 9. The molecular formula is C25H17N3O6S2. The molecule has 2 aromatic carbocycles. The van der Waals surface area contributed by atoms with Crippen molar-refractivity contribution in [2.24, 2.45) is 0 Å². The summed E-state index contributed by atoms with van der Waals surface area (Å²) in [5.74, 6) is -1.17. The van der Waals surface area contributed by atoms with Crippen molar-refractivity contribution in [2.75, 3.05) is 4.90 Å². The molecule has 1 fully saturated rings. The Balaban J connectivity index is 1.50. The van der Waals surface area contributed by atoms with Gasteiger partial charge in [-0.25, -0.2) is 4.98 Å². The summed E-state index contributed by atoms with van der Waals surface area (Å²) >= 11 is 2.43. The van der Waals surface area contributed by atoms with Gasteiger partial charge in [0.05, 0.1) is 20.7 Å². The number of rotatable bonds is 4. The average molecular weight is 520 g/mol. The number of aliphatic hydroxyl groups excluding tert-OH is 1. The van der Waals surface area contributed by atoms with Crippen LogP contribution in [0.3, 0.4) is 0 Å². The van der Waals surface area contributed by atoms with Crippen LogP contribution in [0, 0.1) is 10.1 Å². The van der Waals surface area contributed by atoms with Crippen molar-refractivity contribution < 1.29 is 24.4 Å². The van der Waals surface area contributed by atoms with E-state index in [1.165, 1.54) is 34.4 Å². The number of aliphatic hydroxyl groups is 1. The maximum Gasteiger partial charge on any atom is 0.301 e. The fourth-order valence-electron chi connectivity index (χ4n) is 4.59. The van der Waals surface area contributed by atoms with Crippen molar-refractivity contribution in [2.45, 2.75) is 25.5 Å². The number of ketones is 1. The molecule has 0 saturated carbocycles. The number of nitrogens with zero attached hydrogens (tertiary/aromatic N) is 3. The molecule has 180 valence electrons.